The van der Waals surface area contributed by atoms with Gasteiger partial charge in [0, 0.05) is 18.8 Å². The first-order valence-corrected chi connectivity index (χ1v) is 6.24. The van der Waals surface area contributed by atoms with E-state index in [0.29, 0.717) is 36.9 Å². The molecule has 1 aliphatic heterocycles. The lowest BCUT2D eigenvalue weighted by atomic mass is 10.1. The molecule has 0 radical (unpaired) electrons. The third-order valence-corrected chi connectivity index (χ3v) is 3.20. The summed E-state index contributed by atoms with van der Waals surface area (Å²) in [7, 11) is 0. The minimum atomic E-state index is -0.410. The Bertz CT molecular complexity index is 436. The normalized spacial score (nSPS) is 16.8. The summed E-state index contributed by atoms with van der Waals surface area (Å²) in [5.74, 6) is 0.137. The number of ether oxygens (including phenoxy) is 2. The van der Waals surface area contributed by atoms with Crippen molar-refractivity contribution in [2.24, 2.45) is 0 Å². The third kappa shape index (κ3) is 2.33. The number of rotatable bonds is 3. The van der Waals surface area contributed by atoms with Crippen LogP contribution in [-0.2, 0) is 9.47 Å². The Hall–Kier alpha value is -1.56. The van der Waals surface area contributed by atoms with Crippen LogP contribution in [0.5, 0.6) is 0 Å². The van der Waals surface area contributed by atoms with E-state index in [-0.39, 0.29) is 6.04 Å². The highest BCUT2D eigenvalue weighted by atomic mass is 16.5. The quantitative estimate of drug-likeness (QED) is 0.821. The Morgan fingerprint density at radius 2 is 2.22 bits per heavy atom. The number of nitrogens with two attached hydrogens (primary N) is 1. The molecule has 0 amide bonds. The van der Waals surface area contributed by atoms with Gasteiger partial charge in [0.25, 0.3) is 0 Å². The molecule has 100 valence electrons. The topological polar surface area (TPSA) is 79.4 Å². The van der Waals surface area contributed by atoms with Crippen LogP contribution in [0.2, 0.25) is 0 Å². The molecule has 0 aliphatic carbocycles. The van der Waals surface area contributed by atoms with Crippen molar-refractivity contribution in [1.29, 1.82) is 0 Å². The molecule has 6 heteroatoms. The molecule has 18 heavy (non-hydrogen) atoms. The highest BCUT2D eigenvalue weighted by Gasteiger charge is 2.24. The van der Waals surface area contributed by atoms with E-state index in [1.165, 1.54) is 0 Å². The molecule has 1 aromatic heterocycles. The average molecular weight is 253 g/mol. The van der Waals surface area contributed by atoms with Gasteiger partial charge in [0.2, 0.25) is 0 Å². The van der Waals surface area contributed by atoms with Crippen LogP contribution in [0.1, 0.15) is 41.9 Å². The minimum absolute atomic E-state index is 0.209. The van der Waals surface area contributed by atoms with Crippen LogP contribution < -0.4 is 5.73 Å². The van der Waals surface area contributed by atoms with Crippen molar-refractivity contribution in [3.8, 4) is 0 Å². The van der Waals surface area contributed by atoms with Gasteiger partial charge in [-0.3, -0.25) is 0 Å². The second kappa shape index (κ2) is 5.39. The molecule has 0 unspecified atom stereocenters. The van der Waals surface area contributed by atoms with E-state index < -0.39 is 5.97 Å². The lowest BCUT2D eigenvalue weighted by molar-refractivity contribution is 0.0512. The van der Waals surface area contributed by atoms with Gasteiger partial charge in [-0.2, -0.15) is 5.10 Å². The number of carbonyl (C=O) groups excluding carboxylic acids is 1. The van der Waals surface area contributed by atoms with Crippen molar-refractivity contribution in [3.63, 3.8) is 0 Å². The smallest absolute Gasteiger partial charge is 0.359 e. The first kappa shape index (κ1) is 12.9. The maximum Gasteiger partial charge on any atom is 0.359 e. The summed E-state index contributed by atoms with van der Waals surface area (Å²) < 4.78 is 12.0. The molecule has 0 saturated carbocycles. The molecule has 0 bridgehead atoms. The molecule has 1 aromatic rings. The number of anilines is 1. The van der Waals surface area contributed by atoms with Gasteiger partial charge in [-0.1, -0.05) is 0 Å². The summed E-state index contributed by atoms with van der Waals surface area (Å²) in [5.41, 5.74) is 7.03. The van der Waals surface area contributed by atoms with Crippen LogP contribution in [0, 0.1) is 6.92 Å². The summed E-state index contributed by atoms with van der Waals surface area (Å²) >= 11 is 0. The number of hydrogen-bond acceptors (Lipinski definition) is 5. The maximum atomic E-state index is 11.7. The Morgan fingerprint density at radius 3 is 2.83 bits per heavy atom. The first-order valence-electron chi connectivity index (χ1n) is 6.24. The van der Waals surface area contributed by atoms with Gasteiger partial charge in [0.15, 0.2) is 5.69 Å². The van der Waals surface area contributed by atoms with Gasteiger partial charge in [-0.05, 0) is 26.7 Å². The van der Waals surface area contributed by atoms with Crippen molar-refractivity contribution in [3.05, 3.63) is 11.3 Å². The van der Waals surface area contributed by atoms with Crippen LogP contribution in [-0.4, -0.2) is 35.6 Å². The molecule has 6 nitrogen and oxygen atoms in total. The molecular formula is C12H19N3O3. The second-order valence-electron chi connectivity index (χ2n) is 4.37. The fraction of sp³-hybridized carbons (Fsp3) is 0.667. The van der Waals surface area contributed by atoms with Crippen LogP contribution in [0.4, 0.5) is 5.82 Å². The fourth-order valence-electron chi connectivity index (χ4n) is 2.13. The zero-order chi connectivity index (χ0) is 13.1. The van der Waals surface area contributed by atoms with Crippen LogP contribution in [0.15, 0.2) is 0 Å². The highest BCUT2D eigenvalue weighted by molar-refractivity contribution is 5.90. The predicted molar refractivity (Wildman–Crippen MR) is 66.4 cm³/mol. The van der Waals surface area contributed by atoms with Crippen molar-refractivity contribution in [1.82, 2.24) is 9.78 Å². The van der Waals surface area contributed by atoms with E-state index >= 15 is 0 Å². The summed E-state index contributed by atoms with van der Waals surface area (Å²) in [6, 6.07) is 0.209. The standard InChI is InChI=1S/C12H19N3O3/c1-3-18-12(16)10-8(2)11(13)15(14-10)9-4-6-17-7-5-9/h9H,3-7,13H2,1-2H3. The van der Waals surface area contributed by atoms with Crippen molar-refractivity contribution < 1.29 is 14.3 Å². The lowest BCUT2D eigenvalue weighted by Gasteiger charge is -2.23. The number of aromatic nitrogens is 2. The Labute approximate surface area is 106 Å². The molecule has 0 spiro atoms. The number of carbonyl (C=O) groups is 1. The number of hydrogen-bond donors (Lipinski definition) is 1. The average Bonchev–Trinajstić information content (AvgIpc) is 2.68. The van der Waals surface area contributed by atoms with Gasteiger partial charge in [0.05, 0.1) is 12.6 Å². The predicted octanol–water partition coefficient (Wildman–Crippen LogP) is 1.30. The molecule has 2 heterocycles. The third-order valence-electron chi connectivity index (χ3n) is 3.20. The summed E-state index contributed by atoms with van der Waals surface area (Å²) in [5, 5.41) is 4.31. The van der Waals surface area contributed by atoms with Crippen molar-refractivity contribution in [2.45, 2.75) is 32.7 Å². The molecule has 1 fully saturated rings. The molecule has 2 N–H and O–H groups in total. The number of esters is 1. The maximum absolute atomic E-state index is 11.7. The van der Waals surface area contributed by atoms with Gasteiger partial charge in [-0.15, -0.1) is 0 Å². The Balaban J connectivity index is 2.26. The van der Waals surface area contributed by atoms with Crippen LogP contribution in [0.3, 0.4) is 0 Å². The Kier molecular flexibility index (Phi) is 3.86. The zero-order valence-electron chi connectivity index (χ0n) is 10.8. The lowest BCUT2D eigenvalue weighted by Crippen LogP contribution is -2.22. The van der Waals surface area contributed by atoms with Gasteiger partial charge in [-0.25, -0.2) is 9.48 Å². The van der Waals surface area contributed by atoms with Crippen molar-refractivity contribution in [2.75, 3.05) is 25.6 Å². The molecule has 1 saturated heterocycles. The van der Waals surface area contributed by atoms with Crippen LogP contribution in [0.25, 0.3) is 0 Å². The SMILES string of the molecule is CCOC(=O)c1nn(C2CCOCC2)c(N)c1C. The van der Waals surface area contributed by atoms with E-state index in [9.17, 15) is 4.79 Å². The Morgan fingerprint density at radius 1 is 1.56 bits per heavy atom. The minimum Gasteiger partial charge on any atom is -0.461 e. The molecule has 2 rings (SSSR count). The number of nitrogens with zero attached hydrogens (tertiary/aromatic N) is 2. The van der Waals surface area contributed by atoms with Gasteiger partial charge < -0.3 is 15.2 Å². The number of nitrogen functional groups attached to an aromatic ring is 1. The van der Waals surface area contributed by atoms with E-state index in [4.69, 9.17) is 15.2 Å². The highest BCUT2D eigenvalue weighted by Crippen LogP contribution is 2.26. The van der Waals surface area contributed by atoms with E-state index in [1.807, 2.05) is 0 Å². The molecule has 0 aromatic carbocycles. The van der Waals surface area contributed by atoms with Gasteiger partial charge >= 0.3 is 5.97 Å². The zero-order valence-corrected chi connectivity index (χ0v) is 10.8. The van der Waals surface area contributed by atoms with Crippen LogP contribution >= 0.6 is 0 Å². The fourth-order valence-corrected chi connectivity index (χ4v) is 2.13. The largest absolute Gasteiger partial charge is 0.461 e. The molecule has 1 aliphatic rings. The molecule has 0 atom stereocenters. The monoisotopic (exact) mass is 253 g/mol. The molecular weight excluding hydrogens is 234 g/mol. The first-order chi connectivity index (χ1) is 8.65. The second-order valence-corrected chi connectivity index (χ2v) is 4.37. The summed E-state index contributed by atoms with van der Waals surface area (Å²) in [6.07, 6.45) is 1.74. The van der Waals surface area contributed by atoms with E-state index in [0.717, 1.165) is 12.8 Å². The van der Waals surface area contributed by atoms with Gasteiger partial charge in [0.1, 0.15) is 5.82 Å². The van der Waals surface area contributed by atoms with Crippen molar-refractivity contribution >= 4 is 11.8 Å². The van der Waals surface area contributed by atoms with E-state index in [2.05, 4.69) is 5.10 Å². The van der Waals surface area contributed by atoms with E-state index in [1.54, 1.807) is 18.5 Å². The summed E-state index contributed by atoms with van der Waals surface area (Å²) in [4.78, 5) is 11.7. The summed E-state index contributed by atoms with van der Waals surface area (Å²) in [6.45, 7) is 5.31.